The van der Waals surface area contributed by atoms with Gasteiger partial charge in [-0.3, -0.25) is 5.41 Å². The van der Waals surface area contributed by atoms with E-state index in [-0.39, 0.29) is 17.2 Å². The van der Waals surface area contributed by atoms with Gasteiger partial charge in [-0.1, -0.05) is 36.4 Å². The Morgan fingerprint density at radius 2 is 1.86 bits per heavy atom. The van der Waals surface area contributed by atoms with Crippen molar-refractivity contribution in [2.24, 2.45) is 0 Å². The number of nitrogens with one attached hydrogen (secondary N) is 3. The Labute approximate surface area is 163 Å². The van der Waals surface area contributed by atoms with Crippen LogP contribution in [0.4, 0.5) is 18.3 Å². The number of hydrogen-bond acceptors (Lipinski definition) is 4. The maximum Gasteiger partial charge on any atom is 0.417 e. The highest BCUT2D eigenvalue weighted by Crippen LogP contribution is 2.37. The summed E-state index contributed by atoms with van der Waals surface area (Å²) in [6.07, 6.45) is -4.46. The van der Waals surface area contributed by atoms with Crippen LogP contribution in [0.25, 0.3) is 11.3 Å². The van der Waals surface area contributed by atoms with Gasteiger partial charge in [-0.05, 0) is 12.1 Å². The number of nitrogens with zero attached hydrogens (tertiary/aromatic N) is 1. The summed E-state index contributed by atoms with van der Waals surface area (Å²) in [6.45, 7) is 0.352. The van der Waals surface area contributed by atoms with Gasteiger partial charge < -0.3 is 15.4 Å². The number of rotatable bonds is 5. The summed E-state index contributed by atoms with van der Waals surface area (Å²) in [6, 6.07) is 12.7. The molecular formula is C19H17F3N4OS. The lowest BCUT2D eigenvalue weighted by Gasteiger charge is -2.11. The van der Waals surface area contributed by atoms with E-state index in [1.807, 2.05) is 24.3 Å². The molecule has 0 aliphatic carbocycles. The van der Waals surface area contributed by atoms with Crippen molar-refractivity contribution in [1.82, 2.24) is 10.3 Å². The lowest BCUT2D eigenvalue weighted by Crippen LogP contribution is -2.29. The number of para-hydroxylation sites is 1. The fourth-order valence-corrected chi connectivity index (χ4v) is 3.31. The van der Waals surface area contributed by atoms with Crippen LogP contribution in [0.3, 0.4) is 0 Å². The van der Waals surface area contributed by atoms with Crippen LogP contribution in [0, 0.1) is 5.41 Å². The summed E-state index contributed by atoms with van der Waals surface area (Å²) in [5, 5.41) is 15.5. The molecule has 5 nitrogen and oxygen atoms in total. The molecule has 0 atom stereocenters. The quantitative estimate of drug-likeness (QED) is 0.413. The molecule has 146 valence electrons. The molecule has 0 spiro atoms. The van der Waals surface area contributed by atoms with Crippen LogP contribution in [-0.4, -0.2) is 18.1 Å². The van der Waals surface area contributed by atoms with Gasteiger partial charge in [0.25, 0.3) is 0 Å². The molecule has 0 amide bonds. The fraction of sp³-hybridized carbons (Fsp3) is 0.158. The highest BCUT2D eigenvalue weighted by molar-refractivity contribution is 7.14. The lowest BCUT2D eigenvalue weighted by atomic mass is 10.1. The SMILES string of the molecule is COc1ccccc1CNC(=N)Nc1nc(-c2ccccc2C(F)(F)F)cs1. The highest BCUT2D eigenvalue weighted by atomic mass is 32.1. The number of halogens is 3. The number of anilines is 1. The van der Waals surface area contributed by atoms with Crippen LogP contribution in [-0.2, 0) is 12.7 Å². The van der Waals surface area contributed by atoms with Gasteiger partial charge in [-0.25, -0.2) is 4.98 Å². The molecule has 2 aromatic carbocycles. The van der Waals surface area contributed by atoms with Crippen LogP contribution in [0.5, 0.6) is 5.75 Å². The Balaban J connectivity index is 1.68. The van der Waals surface area contributed by atoms with Gasteiger partial charge in [-0.2, -0.15) is 13.2 Å². The first kappa shape index (κ1) is 19.7. The summed E-state index contributed by atoms with van der Waals surface area (Å²) in [5.41, 5.74) is 0.345. The fourth-order valence-electron chi connectivity index (χ4n) is 2.59. The van der Waals surface area contributed by atoms with Gasteiger partial charge in [0.05, 0.1) is 18.4 Å². The number of methoxy groups -OCH3 is 1. The number of ether oxygens (including phenoxy) is 1. The minimum atomic E-state index is -4.46. The third kappa shape index (κ3) is 4.61. The average molecular weight is 406 g/mol. The van der Waals surface area contributed by atoms with E-state index in [0.29, 0.717) is 17.4 Å². The zero-order valence-electron chi connectivity index (χ0n) is 14.8. The smallest absolute Gasteiger partial charge is 0.417 e. The number of thiazole rings is 1. The number of alkyl halides is 3. The molecule has 0 saturated heterocycles. The monoisotopic (exact) mass is 406 g/mol. The molecule has 1 aromatic heterocycles. The number of aromatic nitrogens is 1. The second kappa shape index (κ2) is 8.30. The zero-order valence-corrected chi connectivity index (χ0v) is 15.6. The molecule has 0 fully saturated rings. The van der Waals surface area contributed by atoms with Gasteiger partial charge >= 0.3 is 6.18 Å². The summed E-state index contributed by atoms with van der Waals surface area (Å²) in [7, 11) is 1.57. The van der Waals surface area contributed by atoms with Crippen molar-refractivity contribution < 1.29 is 17.9 Å². The first-order chi connectivity index (χ1) is 13.4. The average Bonchev–Trinajstić information content (AvgIpc) is 3.14. The van der Waals surface area contributed by atoms with E-state index in [1.54, 1.807) is 7.11 Å². The van der Waals surface area contributed by atoms with Crippen molar-refractivity contribution in [3.05, 3.63) is 65.0 Å². The summed E-state index contributed by atoms with van der Waals surface area (Å²) in [5.74, 6) is 0.680. The molecule has 0 aliphatic heterocycles. The molecule has 3 N–H and O–H groups in total. The molecule has 0 radical (unpaired) electrons. The van der Waals surface area contributed by atoms with Gasteiger partial charge in [0.2, 0.25) is 0 Å². The van der Waals surface area contributed by atoms with E-state index in [9.17, 15) is 13.2 Å². The normalized spacial score (nSPS) is 11.1. The molecular weight excluding hydrogens is 389 g/mol. The Morgan fingerprint density at radius 3 is 2.61 bits per heavy atom. The van der Waals surface area contributed by atoms with Crippen LogP contribution < -0.4 is 15.4 Å². The summed E-state index contributed by atoms with van der Waals surface area (Å²) >= 11 is 1.13. The largest absolute Gasteiger partial charge is 0.496 e. The minimum Gasteiger partial charge on any atom is -0.496 e. The Kier molecular flexibility index (Phi) is 5.84. The van der Waals surface area contributed by atoms with Crippen molar-refractivity contribution in [1.29, 1.82) is 5.41 Å². The third-order valence-electron chi connectivity index (χ3n) is 3.89. The van der Waals surface area contributed by atoms with Gasteiger partial charge in [0.15, 0.2) is 11.1 Å². The van der Waals surface area contributed by atoms with Crippen LogP contribution in [0.1, 0.15) is 11.1 Å². The second-order valence-corrected chi connectivity index (χ2v) is 6.60. The predicted molar refractivity (Wildman–Crippen MR) is 104 cm³/mol. The van der Waals surface area contributed by atoms with Crippen molar-refractivity contribution in [2.75, 3.05) is 12.4 Å². The number of benzene rings is 2. The lowest BCUT2D eigenvalue weighted by molar-refractivity contribution is -0.137. The van der Waals surface area contributed by atoms with E-state index >= 15 is 0 Å². The first-order valence-electron chi connectivity index (χ1n) is 8.22. The van der Waals surface area contributed by atoms with E-state index in [1.165, 1.54) is 23.6 Å². The molecule has 28 heavy (non-hydrogen) atoms. The summed E-state index contributed by atoms with van der Waals surface area (Å²) < 4.78 is 44.8. The maximum absolute atomic E-state index is 13.2. The molecule has 3 aromatic rings. The van der Waals surface area contributed by atoms with Gasteiger partial charge in [-0.15, -0.1) is 11.3 Å². The molecule has 0 unspecified atom stereocenters. The van der Waals surface area contributed by atoms with Crippen LogP contribution in [0.15, 0.2) is 53.9 Å². The molecule has 0 saturated carbocycles. The van der Waals surface area contributed by atoms with E-state index in [4.69, 9.17) is 10.1 Å². The summed E-state index contributed by atoms with van der Waals surface area (Å²) in [4.78, 5) is 4.19. The second-order valence-electron chi connectivity index (χ2n) is 5.75. The molecule has 0 bridgehead atoms. The van der Waals surface area contributed by atoms with Crippen LogP contribution in [0.2, 0.25) is 0 Å². The van der Waals surface area contributed by atoms with Crippen molar-refractivity contribution in [3.8, 4) is 17.0 Å². The molecule has 1 heterocycles. The molecule has 0 aliphatic rings. The standard InChI is InChI=1S/C19H17F3N4OS/c1-27-16-9-5-2-6-12(16)10-24-17(23)26-18-25-15(11-28-18)13-7-3-4-8-14(13)19(20,21)22/h2-9,11H,10H2,1H3,(H3,23,24,25,26). The Hall–Kier alpha value is -3.07. The first-order valence-corrected chi connectivity index (χ1v) is 9.10. The highest BCUT2D eigenvalue weighted by Gasteiger charge is 2.33. The van der Waals surface area contributed by atoms with Crippen LogP contribution >= 0.6 is 11.3 Å². The topological polar surface area (TPSA) is 70.0 Å². The molecule has 3 rings (SSSR count). The van der Waals surface area contributed by atoms with Gasteiger partial charge in [0.1, 0.15) is 5.75 Å². The zero-order chi connectivity index (χ0) is 20.1. The maximum atomic E-state index is 13.2. The Bertz CT molecular complexity index is 972. The third-order valence-corrected chi connectivity index (χ3v) is 4.65. The number of guanidine groups is 1. The van der Waals surface area contributed by atoms with Crippen molar-refractivity contribution in [3.63, 3.8) is 0 Å². The van der Waals surface area contributed by atoms with E-state index < -0.39 is 11.7 Å². The van der Waals surface area contributed by atoms with Crippen molar-refractivity contribution >= 4 is 22.4 Å². The van der Waals surface area contributed by atoms with E-state index in [2.05, 4.69) is 15.6 Å². The predicted octanol–water partition coefficient (Wildman–Crippen LogP) is 4.97. The minimum absolute atomic E-state index is 0.00723. The van der Waals surface area contributed by atoms with Gasteiger partial charge in [0, 0.05) is 23.1 Å². The van der Waals surface area contributed by atoms with E-state index in [0.717, 1.165) is 23.0 Å². The Morgan fingerprint density at radius 1 is 1.14 bits per heavy atom. The molecule has 9 heteroatoms. The number of hydrogen-bond donors (Lipinski definition) is 3. The van der Waals surface area contributed by atoms with Crippen molar-refractivity contribution in [2.45, 2.75) is 12.7 Å².